The van der Waals surface area contributed by atoms with E-state index in [2.05, 4.69) is 55.3 Å². The summed E-state index contributed by atoms with van der Waals surface area (Å²) in [6.45, 7) is 8.71. The molecule has 5 heteroatoms. The van der Waals surface area contributed by atoms with Crippen molar-refractivity contribution < 1.29 is 9.59 Å². The van der Waals surface area contributed by atoms with Crippen LogP contribution in [0.15, 0.2) is 30.3 Å². The zero-order chi connectivity index (χ0) is 20.8. The van der Waals surface area contributed by atoms with Crippen LogP contribution in [0.1, 0.15) is 64.9 Å². The van der Waals surface area contributed by atoms with Crippen LogP contribution in [-0.2, 0) is 16.1 Å². The Bertz CT molecular complexity index is 670. The summed E-state index contributed by atoms with van der Waals surface area (Å²) in [5.74, 6) is -0.00124. The fraction of sp³-hybridized carbons (Fsp3) is 0.667. The van der Waals surface area contributed by atoms with Gasteiger partial charge in [-0.1, -0.05) is 49.6 Å². The van der Waals surface area contributed by atoms with Gasteiger partial charge in [-0.2, -0.15) is 0 Å². The Morgan fingerprint density at radius 3 is 2.48 bits per heavy atom. The maximum absolute atomic E-state index is 12.8. The number of hydrogen-bond donors (Lipinski definition) is 1. The van der Waals surface area contributed by atoms with Crippen LogP contribution >= 0.6 is 0 Å². The third-order valence-corrected chi connectivity index (χ3v) is 6.40. The highest BCUT2D eigenvalue weighted by Crippen LogP contribution is 2.28. The third kappa shape index (κ3) is 6.05. The Hall–Kier alpha value is -1.88. The lowest BCUT2D eigenvalue weighted by atomic mass is 9.94. The van der Waals surface area contributed by atoms with E-state index in [1.54, 1.807) is 0 Å². The molecule has 1 aromatic rings. The second-order valence-electron chi connectivity index (χ2n) is 9.16. The van der Waals surface area contributed by atoms with E-state index in [0.717, 1.165) is 25.9 Å². The molecule has 0 aromatic heterocycles. The topological polar surface area (TPSA) is 52.7 Å². The van der Waals surface area contributed by atoms with E-state index in [1.165, 1.54) is 24.8 Å². The number of carbonyl (C=O) groups excluding carboxylic acids is 2. The largest absolute Gasteiger partial charge is 0.352 e. The molecular weight excluding hydrogens is 362 g/mol. The molecule has 0 radical (unpaired) electrons. The lowest BCUT2D eigenvalue weighted by molar-refractivity contribution is -0.130. The quantitative estimate of drug-likeness (QED) is 0.727. The van der Waals surface area contributed by atoms with Crippen molar-refractivity contribution in [1.29, 1.82) is 0 Å². The van der Waals surface area contributed by atoms with Crippen LogP contribution in [0.2, 0.25) is 0 Å². The summed E-state index contributed by atoms with van der Waals surface area (Å²) in [7, 11) is 0. The zero-order valence-electron chi connectivity index (χ0n) is 18.3. The molecule has 1 saturated carbocycles. The molecule has 2 amide bonds. The lowest BCUT2D eigenvalue weighted by Crippen LogP contribution is -2.46. The van der Waals surface area contributed by atoms with Crippen molar-refractivity contribution in [3.05, 3.63) is 35.9 Å². The number of likely N-dealkylation sites (tertiary alicyclic amines) is 1. The maximum atomic E-state index is 12.8. The number of benzene rings is 1. The molecule has 2 atom stereocenters. The SMILES string of the molecule is CC(CN(Cc1ccccc1)C(C)C)NC(=O)C1CC(=O)N(C2CCCCC2)C1. The molecule has 1 N–H and O–H groups in total. The Labute approximate surface area is 175 Å². The summed E-state index contributed by atoms with van der Waals surface area (Å²) in [6, 6.07) is 11.2. The summed E-state index contributed by atoms with van der Waals surface area (Å²) in [5, 5.41) is 3.18. The van der Waals surface area contributed by atoms with E-state index in [4.69, 9.17) is 0 Å². The van der Waals surface area contributed by atoms with Gasteiger partial charge in [-0.15, -0.1) is 0 Å². The molecule has 1 aliphatic carbocycles. The van der Waals surface area contributed by atoms with Crippen molar-refractivity contribution in [3.63, 3.8) is 0 Å². The van der Waals surface area contributed by atoms with Crippen molar-refractivity contribution in [3.8, 4) is 0 Å². The molecule has 29 heavy (non-hydrogen) atoms. The minimum absolute atomic E-state index is 0.0348. The Morgan fingerprint density at radius 1 is 1.14 bits per heavy atom. The van der Waals surface area contributed by atoms with Crippen molar-refractivity contribution in [2.45, 2.75) is 84.0 Å². The average molecular weight is 400 g/mol. The van der Waals surface area contributed by atoms with Gasteiger partial charge in [0.15, 0.2) is 0 Å². The van der Waals surface area contributed by atoms with Gasteiger partial charge in [-0.25, -0.2) is 0 Å². The van der Waals surface area contributed by atoms with Gasteiger partial charge in [0.2, 0.25) is 11.8 Å². The summed E-state index contributed by atoms with van der Waals surface area (Å²) in [6.07, 6.45) is 6.24. The second kappa shape index (κ2) is 10.2. The van der Waals surface area contributed by atoms with Gasteiger partial charge >= 0.3 is 0 Å². The molecule has 0 bridgehead atoms. The van der Waals surface area contributed by atoms with Gasteiger partial charge in [0.05, 0.1) is 5.92 Å². The van der Waals surface area contributed by atoms with Gasteiger partial charge in [-0.05, 0) is 39.2 Å². The monoisotopic (exact) mass is 399 g/mol. The molecule has 2 unspecified atom stereocenters. The van der Waals surface area contributed by atoms with Crippen molar-refractivity contribution in [2.24, 2.45) is 5.92 Å². The molecule has 5 nitrogen and oxygen atoms in total. The Kier molecular flexibility index (Phi) is 7.70. The van der Waals surface area contributed by atoms with Crippen molar-refractivity contribution in [1.82, 2.24) is 15.1 Å². The van der Waals surface area contributed by atoms with Crippen molar-refractivity contribution in [2.75, 3.05) is 13.1 Å². The van der Waals surface area contributed by atoms with E-state index in [9.17, 15) is 9.59 Å². The van der Waals surface area contributed by atoms with Crippen LogP contribution in [0.25, 0.3) is 0 Å². The first kappa shape index (κ1) is 21.8. The zero-order valence-corrected chi connectivity index (χ0v) is 18.3. The Morgan fingerprint density at radius 2 is 1.83 bits per heavy atom. The summed E-state index contributed by atoms with van der Waals surface area (Å²) in [5.41, 5.74) is 1.28. The maximum Gasteiger partial charge on any atom is 0.225 e. The highest BCUT2D eigenvalue weighted by atomic mass is 16.2. The molecule has 2 fully saturated rings. The molecule has 3 rings (SSSR count). The minimum atomic E-state index is -0.200. The number of rotatable bonds is 8. The standard InChI is InChI=1S/C24H37N3O2/c1-18(2)26(16-20-10-6-4-7-11-20)15-19(3)25-24(29)21-14-23(28)27(17-21)22-12-8-5-9-13-22/h4,6-7,10-11,18-19,21-22H,5,8-9,12-17H2,1-3H3,(H,25,29). The molecule has 160 valence electrons. The molecule has 1 saturated heterocycles. The number of nitrogens with one attached hydrogen (secondary N) is 1. The first-order valence-corrected chi connectivity index (χ1v) is 11.3. The van der Waals surface area contributed by atoms with E-state index in [0.29, 0.717) is 25.0 Å². The molecule has 1 aliphatic heterocycles. The summed E-state index contributed by atoms with van der Waals surface area (Å²) >= 11 is 0. The highest BCUT2D eigenvalue weighted by molar-refractivity contribution is 5.89. The van der Waals surface area contributed by atoms with Gasteiger partial charge in [0.1, 0.15) is 0 Å². The summed E-state index contributed by atoms with van der Waals surface area (Å²) in [4.78, 5) is 29.7. The first-order valence-electron chi connectivity index (χ1n) is 11.3. The van der Waals surface area contributed by atoms with Crippen molar-refractivity contribution >= 4 is 11.8 Å². The van der Waals surface area contributed by atoms with Gasteiger partial charge in [0, 0.05) is 44.2 Å². The molecule has 0 spiro atoms. The fourth-order valence-electron chi connectivity index (χ4n) is 4.69. The molecule has 1 aromatic carbocycles. The van der Waals surface area contributed by atoms with Gasteiger partial charge < -0.3 is 10.2 Å². The number of nitrogens with zero attached hydrogens (tertiary/aromatic N) is 2. The first-order chi connectivity index (χ1) is 13.9. The van der Waals surface area contributed by atoms with Gasteiger partial charge in [-0.3, -0.25) is 14.5 Å². The van der Waals surface area contributed by atoms with E-state index >= 15 is 0 Å². The van der Waals surface area contributed by atoms with Crippen LogP contribution in [0, 0.1) is 5.92 Å². The average Bonchev–Trinajstić information content (AvgIpc) is 3.10. The second-order valence-corrected chi connectivity index (χ2v) is 9.16. The smallest absolute Gasteiger partial charge is 0.225 e. The minimum Gasteiger partial charge on any atom is -0.352 e. The van der Waals surface area contributed by atoms with Crippen LogP contribution in [0.3, 0.4) is 0 Å². The summed E-state index contributed by atoms with van der Waals surface area (Å²) < 4.78 is 0. The predicted octanol–water partition coefficient (Wildman–Crippen LogP) is 3.58. The van der Waals surface area contributed by atoms with E-state index in [1.807, 2.05) is 11.0 Å². The third-order valence-electron chi connectivity index (χ3n) is 6.40. The number of hydrogen-bond acceptors (Lipinski definition) is 3. The van der Waals surface area contributed by atoms with Crippen LogP contribution in [0.4, 0.5) is 0 Å². The normalized spacial score (nSPS) is 21.8. The molecule has 1 heterocycles. The van der Waals surface area contributed by atoms with Crippen LogP contribution < -0.4 is 5.32 Å². The fourth-order valence-corrected chi connectivity index (χ4v) is 4.69. The molecular formula is C24H37N3O2. The van der Waals surface area contributed by atoms with Crippen LogP contribution in [0.5, 0.6) is 0 Å². The number of carbonyl (C=O) groups is 2. The molecule has 2 aliphatic rings. The lowest BCUT2D eigenvalue weighted by Gasteiger charge is -2.31. The van der Waals surface area contributed by atoms with Crippen LogP contribution in [-0.4, -0.2) is 52.8 Å². The predicted molar refractivity (Wildman–Crippen MR) is 116 cm³/mol. The van der Waals surface area contributed by atoms with E-state index < -0.39 is 0 Å². The highest BCUT2D eigenvalue weighted by Gasteiger charge is 2.38. The number of amides is 2. The van der Waals surface area contributed by atoms with Gasteiger partial charge in [0.25, 0.3) is 0 Å². The van der Waals surface area contributed by atoms with E-state index in [-0.39, 0.29) is 23.8 Å². The Balaban J connectivity index is 1.50.